The zero-order valence-electron chi connectivity index (χ0n) is 14.8. The number of aliphatic hydroxyl groups excluding tert-OH is 3. The predicted molar refractivity (Wildman–Crippen MR) is 112 cm³/mol. The second-order valence-electron chi connectivity index (χ2n) is 4.62. The van der Waals surface area contributed by atoms with Crippen LogP contribution in [0.2, 0.25) is 0 Å². The summed E-state index contributed by atoms with van der Waals surface area (Å²) in [4.78, 5) is 28.5. The number of rotatable bonds is 10. The van der Waals surface area contributed by atoms with Gasteiger partial charge in [0.1, 0.15) is 0 Å². The van der Waals surface area contributed by atoms with Crippen LogP contribution in [0.25, 0.3) is 0 Å². The van der Waals surface area contributed by atoms with Gasteiger partial charge in [-0.15, -0.1) is 0 Å². The van der Waals surface area contributed by atoms with Crippen molar-refractivity contribution in [1.82, 2.24) is 0 Å². The standard InChI is InChI=1S/C6H14O3.3C3H4O2S/c1-2-6(3-7,4-8)5-9;3*4-3(5)1-2-6/h7-9H,2-5H2,1H3;3*2H,1H2,(H,4,5). The first-order chi connectivity index (χ1) is 12.6. The molecule has 0 bridgehead atoms. The molecule has 0 aromatic heterocycles. The Morgan fingerprint density at radius 2 is 0.926 bits per heavy atom. The van der Waals surface area contributed by atoms with Gasteiger partial charge in [0.25, 0.3) is 0 Å². The van der Waals surface area contributed by atoms with Gasteiger partial charge in [-0.3, -0.25) is 14.4 Å². The molecule has 0 atom stereocenters. The minimum Gasteiger partial charge on any atom is -0.481 e. The minimum atomic E-state index is -0.870. The van der Waals surface area contributed by atoms with Crippen molar-refractivity contribution >= 4 is 70.7 Å². The molecule has 0 aromatic carbocycles. The molecule has 158 valence electrons. The van der Waals surface area contributed by atoms with E-state index in [9.17, 15) is 14.4 Å². The third-order valence-electron chi connectivity index (χ3n) is 2.53. The van der Waals surface area contributed by atoms with Crippen molar-refractivity contribution in [2.75, 3.05) is 19.8 Å². The van der Waals surface area contributed by atoms with Crippen LogP contribution in [-0.4, -0.2) is 84.5 Å². The fourth-order valence-corrected chi connectivity index (χ4v) is 1.13. The fourth-order valence-electron chi connectivity index (χ4n) is 0.699. The number of hydrogen-bond acceptors (Lipinski definition) is 9. The van der Waals surface area contributed by atoms with Crippen LogP contribution in [0.3, 0.4) is 0 Å². The molecule has 0 saturated heterocycles. The summed E-state index contributed by atoms with van der Waals surface area (Å²) in [5.41, 5.74) is -0.667. The van der Waals surface area contributed by atoms with Gasteiger partial charge >= 0.3 is 17.9 Å². The lowest BCUT2D eigenvalue weighted by molar-refractivity contribution is -0.136. The lowest BCUT2D eigenvalue weighted by atomic mass is 9.88. The number of carboxylic acid groups (broad SMARTS) is 3. The van der Waals surface area contributed by atoms with Gasteiger partial charge in [-0.05, 0) is 22.5 Å². The van der Waals surface area contributed by atoms with E-state index >= 15 is 0 Å². The largest absolute Gasteiger partial charge is 0.481 e. The van der Waals surface area contributed by atoms with Gasteiger partial charge in [0, 0.05) is 5.41 Å². The van der Waals surface area contributed by atoms with Gasteiger partial charge in [0.05, 0.1) is 39.1 Å². The molecule has 27 heavy (non-hydrogen) atoms. The van der Waals surface area contributed by atoms with Gasteiger partial charge < -0.3 is 30.6 Å². The molecule has 12 heteroatoms. The highest BCUT2D eigenvalue weighted by Gasteiger charge is 2.24. The van der Waals surface area contributed by atoms with E-state index in [0.717, 1.165) is 0 Å². The maximum Gasteiger partial charge on any atom is 0.308 e. The van der Waals surface area contributed by atoms with Gasteiger partial charge in [-0.1, -0.05) is 43.6 Å². The Hall–Kier alpha value is -1.44. The second-order valence-corrected chi connectivity index (χ2v) is 5.62. The van der Waals surface area contributed by atoms with Crippen molar-refractivity contribution in [2.24, 2.45) is 5.41 Å². The molecule has 0 aromatic rings. The van der Waals surface area contributed by atoms with Crippen molar-refractivity contribution in [3.8, 4) is 0 Å². The molecule has 0 aliphatic heterocycles. The second kappa shape index (κ2) is 24.6. The van der Waals surface area contributed by atoms with Crippen LogP contribution in [0.15, 0.2) is 0 Å². The van der Waals surface area contributed by atoms with E-state index < -0.39 is 23.3 Å². The summed E-state index contributed by atoms with van der Waals surface area (Å²) < 4.78 is 0. The molecule has 0 radical (unpaired) electrons. The Morgan fingerprint density at radius 1 is 0.704 bits per heavy atom. The number of thiocarbonyl (C=S) groups is 3. The Bertz CT molecular complexity index is 373. The zero-order chi connectivity index (χ0) is 22.3. The SMILES string of the molecule is CCC(CO)(CO)CO.O=C(O)CC=S.O=C(O)CC=S.O=C(O)CC=S. The van der Waals surface area contributed by atoms with E-state index in [1.807, 2.05) is 6.92 Å². The summed E-state index contributed by atoms with van der Waals surface area (Å²) in [5, 5.41) is 53.0. The van der Waals surface area contributed by atoms with E-state index in [4.69, 9.17) is 30.6 Å². The van der Waals surface area contributed by atoms with E-state index in [0.29, 0.717) is 6.42 Å². The van der Waals surface area contributed by atoms with Crippen LogP contribution in [0.4, 0.5) is 0 Å². The summed E-state index contributed by atoms with van der Waals surface area (Å²) in [7, 11) is 0. The number of carboxylic acids is 3. The normalized spacial score (nSPS) is 8.89. The first-order valence-corrected chi connectivity index (χ1v) is 8.76. The summed E-state index contributed by atoms with van der Waals surface area (Å²) >= 11 is 12.7. The average Bonchev–Trinajstić information content (AvgIpc) is 2.59. The summed E-state index contributed by atoms with van der Waals surface area (Å²) in [6, 6.07) is 0. The number of aliphatic hydroxyl groups is 3. The first kappa shape index (κ1) is 33.2. The Balaban J connectivity index is -0.000000133. The topological polar surface area (TPSA) is 173 Å². The van der Waals surface area contributed by atoms with Crippen LogP contribution in [0.5, 0.6) is 0 Å². The number of carbonyl (C=O) groups is 3. The smallest absolute Gasteiger partial charge is 0.308 e. The molecule has 0 spiro atoms. The maximum atomic E-state index is 9.50. The highest BCUT2D eigenvalue weighted by atomic mass is 32.1. The van der Waals surface area contributed by atoms with Crippen LogP contribution >= 0.6 is 36.7 Å². The van der Waals surface area contributed by atoms with E-state index in [-0.39, 0.29) is 39.1 Å². The average molecular weight is 447 g/mol. The molecule has 0 heterocycles. The van der Waals surface area contributed by atoms with E-state index in [1.165, 1.54) is 16.1 Å². The zero-order valence-corrected chi connectivity index (χ0v) is 17.3. The molecule has 0 aliphatic rings. The van der Waals surface area contributed by atoms with Crippen LogP contribution in [0.1, 0.15) is 32.6 Å². The van der Waals surface area contributed by atoms with Crippen LogP contribution < -0.4 is 0 Å². The van der Waals surface area contributed by atoms with Gasteiger partial charge in [0.15, 0.2) is 0 Å². The lowest BCUT2D eigenvalue weighted by Gasteiger charge is -2.24. The van der Waals surface area contributed by atoms with E-state index in [2.05, 4.69) is 36.7 Å². The molecule has 9 nitrogen and oxygen atoms in total. The molecular formula is C15H26O9S3. The van der Waals surface area contributed by atoms with Gasteiger partial charge in [0.2, 0.25) is 0 Å². The third kappa shape index (κ3) is 32.7. The van der Waals surface area contributed by atoms with Crippen molar-refractivity contribution in [1.29, 1.82) is 0 Å². The molecule has 0 amide bonds. The monoisotopic (exact) mass is 446 g/mol. The number of aliphatic carboxylic acids is 3. The Labute approximate surface area is 173 Å². The lowest BCUT2D eigenvalue weighted by Crippen LogP contribution is -2.32. The summed E-state index contributed by atoms with van der Waals surface area (Å²) in [6.07, 6.45) is 0.538. The van der Waals surface area contributed by atoms with Crippen molar-refractivity contribution < 1.29 is 45.0 Å². The van der Waals surface area contributed by atoms with Crippen molar-refractivity contribution in [3.05, 3.63) is 0 Å². The van der Waals surface area contributed by atoms with Gasteiger partial charge in [-0.25, -0.2) is 0 Å². The summed E-state index contributed by atoms with van der Waals surface area (Å²) in [5.74, 6) is -2.61. The van der Waals surface area contributed by atoms with Gasteiger partial charge in [-0.2, -0.15) is 0 Å². The Morgan fingerprint density at radius 3 is 0.926 bits per heavy atom. The molecule has 0 saturated carbocycles. The molecule has 0 fully saturated rings. The third-order valence-corrected chi connectivity index (χ3v) is 3.03. The maximum absolute atomic E-state index is 9.50. The summed E-state index contributed by atoms with van der Waals surface area (Å²) in [6.45, 7) is 1.35. The molecule has 0 rings (SSSR count). The van der Waals surface area contributed by atoms with E-state index in [1.54, 1.807) is 0 Å². The first-order valence-electron chi connectivity index (χ1n) is 7.35. The predicted octanol–water partition coefficient (Wildman–Crippen LogP) is 0.742. The van der Waals surface area contributed by atoms with Crippen LogP contribution in [-0.2, 0) is 14.4 Å². The highest BCUT2D eigenvalue weighted by Crippen LogP contribution is 2.18. The highest BCUT2D eigenvalue weighted by molar-refractivity contribution is 7.79. The molecule has 6 N–H and O–H groups in total. The van der Waals surface area contributed by atoms with Crippen molar-refractivity contribution in [2.45, 2.75) is 32.6 Å². The van der Waals surface area contributed by atoms with Crippen molar-refractivity contribution in [3.63, 3.8) is 0 Å². The quantitative estimate of drug-likeness (QED) is 0.260. The Kier molecular flexibility index (Phi) is 30.2. The molecular weight excluding hydrogens is 420 g/mol. The van der Waals surface area contributed by atoms with Crippen LogP contribution in [0, 0.1) is 5.41 Å². The fraction of sp³-hybridized carbons (Fsp3) is 0.600. The number of hydrogen-bond donors (Lipinski definition) is 6. The minimum absolute atomic E-state index is 0.0185. The molecule has 0 unspecified atom stereocenters. The molecule has 0 aliphatic carbocycles.